The molecule has 2 rings (SSSR count). The van der Waals surface area contributed by atoms with Crippen molar-refractivity contribution in [3.05, 3.63) is 39.9 Å². The van der Waals surface area contributed by atoms with Gasteiger partial charge >= 0.3 is 0 Å². The third-order valence-electron chi connectivity index (χ3n) is 3.62. The van der Waals surface area contributed by atoms with Gasteiger partial charge in [-0.05, 0) is 44.5 Å². The lowest BCUT2D eigenvalue weighted by Crippen LogP contribution is -2.42. The van der Waals surface area contributed by atoms with Crippen LogP contribution in [0.1, 0.15) is 23.2 Å². The first kappa shape index (κ1) is 14.5. The zero-order chi connectivity index (χ0) is 14.5. The molecule has 1 aliphatic rings. The minimum absolute atomic E-state index is 0.00764. The Morgan fingerprint density at radius 2 is 2.15 bits per heavy atom. The van der Waals surface area contributed by atoms with Crippen LogP contribution < -0.4 is 5.32 Å². The molecule has 0 aliphatic carbocycles. The minimum atomic E-state index is -0.460. The summed E-state index contributed by atoms with van der Waals surface area (Å²) in [6, 6.07) is 5.81. The van der Waals surface area contributed by atoms with Gasteiger partial charge in [-0.3, -0.25) is 14.9 Å². The number of hydrogen-bond donors (Lipinski definition) is 1. The first-order valence-electron chi connectivity index (χ1n) is 6.80. The van der Waals surface area contributed by atoms with Crippen LogP contribution in [0.4, 0.5) is 5.69 Å². The standard InChI is InChI=1S/C14H19N3O3/c1-15-9-11-3-2-8-16(10-11)14(18)12-4-6-13(7-5-12)17(19)20/h4-7,11,15H,2-3,8-10H2,1H3. The van der Waals surface area contributed by atoms with Crippen LogP contribution in [0.3, 0.4) is 0 Å². The molecule has 0 bridgehead atoms. The van der Waals surface area contributed by atoms with E-state index in [2.05, 4.69) is 5.32 Å². The number of nitrogens with zero attached hydrogens (tertiary/aromatic N) is 2. The fraction of sp³-hybridized carbons (Fsp3) is 0.500. The lowest BCUT2D eigenvalue weighted by molar-refractivity contribution is -0.384. The number of likely N-dealkylation sites (tertiary alicyclic amines) is 1. The van der Waals surface area contributed by atoms with Crippen molar-refractivity contribution < 1.29 is 9.72 Å². The van der Waals surface area contributed by atoms with E-state index in [1.807, 2.05) is 11.9 Å². The predicted octanol–water partition coefficient (Wildman–Crippen LogP) is 1.67. The Hall–Kier alpha value is -1.95. The third kappa shape index (κ3) is 3.33. The quantitative estimate of drug-likeness (QED) is 0.671. The number of hydrogen-bond acceptors (Lipinski definition) is 4. The predicted molar refractivity (Wildman–Crippen MR) is 75.7 cm³/mol. The van der Waals surface area contributed by atoms with Crippen LogP contribution in [0.5, 0.6) is 0 Å². The van der Waals surface area contributed by atoms with E-state index >= 15 is 0 Å². The molecule has 6 nitrogen and oxygen atoms in total. The number of non-ortho nitro benzene ring substituents is 1. The minimum Gasteiger partial charge on any atom is -0.338 e. The molecule has 1 aromatic carbocycles. The highest BCUT2D eigenvalue weighted by Crippen LogP contribution is 2.19. The first-order chi connectivity index (χ1) is 9.61. The second kappa shape index (κ2) is 6.47. The maximum absolute atomic E-state index is 12.4. The molecule has 1 amide bonds. The van der Waals surface area contributed by atoms with Crippen LogP contribution in [0.2, 0.25) is 0 Å². The Morgan fingerprint density at radius 3 is 2.75 bits per heavy atom. The molecule has 1 fully saturated rings. The summed E-state index contributed by atoms with van der Waals surface area (Å²) in [6.07, 6.45) is 2.13. The van der Waals surface area contributed by atoms with E-state index in [9.17, 15) is 14.9 Å². The highest BCUT2D eigenvalue weighted by molar-refractivity contribution is 5.94. The van der Waals surface area contributed by atoms with E-state index in [0.717, 1.165) is 32.5 Å². The normalized spacial score (nSPS) is 18.9. The molecule has 0 aromatic heterocycles. The van der Waals surface area contributed by atoms with Crippen molar-refractivity contribution in [2.45, 2.75) is 12.8 Å². The maximum Gasteiger partial charge on any atom is 0.269 e. The van der Waals surface area contributed by atoms with Gasteiger partial charge in [-0.15, -0.1) is 0 Å². The average molecular weight is 277 g/mol. The van der Waals surface area contributed by atoms with Gasteiger partial charge in [-0.25, -0.2) is 0 Å². The van der Waals surface area contributed by atoms with Gasteiger partial charge in [0.05, 0.1) is 4.92 Å². The van der Waals surface area contributed by atoms with Crippen molar-refractivity contribution in [1.82, 2.24) is 10.2 Å². The van der Waals surface area contributed by atoms with Crippen molar-refractivity contribution in [3.8, 4) is 0 Å². The van der Waals surface area contributed by atoms with Crippen LogP contribution in [-0.4, -0.2) is 42.4 Å². The molecule has 1 aromatic rings. The van der Waals surface area contributed by atoms with E-state index in [-0.39, 0.29) is 11.6 Å². The molecular formula is C14H19N3O3. The Morgan fingerprint density at radius 1 is 1.45 bits per heavy atom. The van der Waals surface area contributed by atoms with Gasteiger partial charge in [0, 0.05) is 30.8 Å². The second-order valence-corrected chi connectivity index (χ2v) is 5.12. The van der Waals surface area contributed by atoms with E-state index < -0.39 is 4.92 Å². The molecule has 20 heavy (non-hydrogen) atoms. The number of piperidine rings is 1. The van der Waals surface area contributed by atoms with Gasteiger partial charge in [-0.2, -0.15) is 0 Å². The summed E-state index contributed by atoms with van der Waals surface area (Å²) in [7, 11) is 1.91. The number of nitro groups is 1. The third-order valence-corrected chi connectivity index (χ3v) is 3.62. The highest BCUT2D eigenvalue weighted by Gasteiger charge is 2.24. The molecule has 1 unspecified atom stereocenters. The molecule has 6 heteroatoms. The van der Waals surface area contributed by atoms with E-state index in [1.165, 1.54) is 24.3 Å². The molecule has 108 valence electrons. The first-order valence-corrected chi connectivity index (χ1v) is 6.80. The topological polar surface area (TPSA) is 75.5 Å². The van der Waals surface area contributed by atoms with Crippen molar-refractivity contribution in [1.29, 1.82) is 0 Å². The van der Waals surface area contributed by atoms with Crippen LogP contribution in [0.25, 0.3) is 0 Å². The zero-order valence-corrected chi connectivity index (χ0v) is 11.5. The Kier molecular flexibility index (Phi) is 4.68. The van der Waals surface area contributed by atoms with Gasteiger partial charge < -0.3 is 10.2 Å². The molecule has 1 saturated heterocycles. The van der Waals surface area contributed by atoms with Crippen molar-refractivity contribution in [3.63, 3.8) is 0 Å². The molecular weight excluding hydrogens is 258 g/mol. The Bertz CT molecular complexity index is 485. The summed E-state index contributed by atoms with van der Waals surface area (Å²) >= 11 is 0. The summed E-state index contributed by atoms with van der Waals surface area (Å²) in [5, 5.41) is 13.7. The van der Waals surface area contributed by atoms with Gasteiger partial charge in [0.2, 0.25) is 0 Å². The van der Waals surface area contributed by atoms with Gasteiger partial charge in [-0.1, -0.05) is 0 Å². The van der Waals surface area contributed by atoms with Crippen molar-refractivity contribution >= 4 is 11.6 Å². The summed E-state index contributed by atoms with van der Waals surface area (Å²) < 4.78 is 0. The van der Waals surface area contributed by atoms with Crippen LogP contribution in [0, 0.1) is 16.0 Å². The Labute approximate surface area is 117 Å². The fourth-order valence-electron chi connectivity index (χ4n) is 2.61. The second-order valence-electron chi connectivity index (χ2n) is 5.12. The zero-order valence-electron chi connectivity index (χ0n) is 11.5. The number of rotatable bonds is 4. The van der Waals surface area contributed by atoms with Crippen molar-refractivity contribution in [2.24, 2.45) is 5.92 Å². The molecule has 1 aliphatic heterocycles. The van der Waals surface area contributed by atoms with Gasteiger partial charge in [0.1, 0.15) is 0 Å². The summed E-state index contributed by atoms with van der Waals surface area (Å²) in [5.74, 6) is 0.441. The summed E-state index contributed by atoms with van der Waals surface area (Å²) in [6.45, 7) is 2.41. The highest BCUT2D eigenvalue weighted by atomic mass is 16.6. The summed E-state index contributed by atoms with van der Waals surface area (Å²) in [4.78, 5) is 24.3. The maximum atomic E-state index is 12.4. The molecule has 0 radical (unpaired) electrons. The largest absolute Gasteiger partial charge is 0.338 e. The molecule has 1 N–H and O–H groups in total. The van der Waals surface area contributed by atoms with Gasteiger partial charge in [0.25, 0.3) is 11.6 Å². The van der Waals surface area contributed by atoms with Crippen LogP contribution in [-0.2, 0) is 0 Å². The number of nitrogens with one attached hydrogen (secondary N) is 1. The molecule has 1 atom stereocenters. The Balaban J connectivity index is 2.04. The lowest BCUT2D eigenvalue weighted by Gasteiger charge is -2.32. The molecule has 0 spiro atoms. The smallest absolute Gasteiger partial charge is 0.269 e. The van der Waals surface area contributed by atoms with E-state index in [4.69, 9.17) is 0 Å². The van der Waals surface area contributed by atoms with Crippen LogP contribution >= 0.6 is 0 Å². The van der Waals surface area contributed by atoms with Crippen molar-refractivity contribution in [2.75, 3.05) is 26.7 Å². The number of carbonyl (C=O) groups excluding carboxylic acids is 1. The van der Waals surface area contributed by atoms with Gasteiger partial charge in [0.15, 0.2) is 0 Å². The number of nitro benzene ring substituents is 1. The van der Waals surface area contributed by atoms with Crippen LogP contribution in [0.15, 0.2) is 24.3 Å². The summed E-state index contributed by atoms with van der Waals surface area (Å²) in [5.41, 5.74) is 0.522. The number of benzene rings is 1. The molecule has 1 heterocycles. The monoisotopic (exact) mass is 277 g/mol. The molecule has 0 saturated carbocycles. The lowest BCUT2D eigenvalue weighted by atomic mass is 9.97. The number of carbonyl (C=O) groups is 1. The fourth-order valence-corrected chi connectivity index (χ4v) is 2.61. The SMILES string of the molecule is CNCC1CCCN(C(=O)c2ccc([N+](=O)[O-])cc2)C1. The average Bonchev–Trinajstić information content (AvgIpc) is 2.47. The van der Waals surface area contributed by atoms with E-state index in [0.29, 0.717) is 11.5 Å². The van der Waals surface area contributed by atoms with E-state index in [1.54, 1.807) is 0 Å². The number of amides is 1.